The van der Waals surface area contributed by atoms with Gasteiger partial charge in [-0.2, -0.15) is 0 Å². The van der Waals surface area contributed by atoms with Crippen LogP contribution in [0.4, 0.5) is 10.5 Å². The van der Waals surface area contributed by atoms with Gasteiger partial charge in [0.1, 0.15) is 5.75 Å². The fraction of sp³-hybridized carbons (Fsp3) is 0.235. The summed E-state index contributed by atoms with van der Waals surface area (Å²) in [4.78, 5) is 12.2. The molecular weight excluding hydrogens is 335 g/mol. The van der Waals surface area contributed by atoms with Gasteiger partial charge in [0.2, 0.25) is 0 Å². The number of urea groups is 1. The van der Waals surface area contributed by atoms with E-state index in [0.29, 0.717) is 15.7 Å². The molecule has 2 aromatic rings. The Morgan fingerprint density at radius 2 is 1.74 bits per heavy atom. The van der Waals surface area contributed by atoms with E-state index < -0.39 is 5.54 Å². The van der Waals surface area contributed by atoms with Crippen LogP contribution >= 0.6 is 23.2 Å². The second-order valence-electron chi connectivity index (χ2n) is 5.56. The standard InChI is InChI=1S/C17H18Cl2N2O2/c1-17(2,11-4-7-13(23-3)8-5-11)21-16(22)20-15-9-6-12(18)10-14(15)19/h4-10H,1-3H3,(H2,20,21,22). The van der Waals surface area contributed by atoms with Crippen LogP contribution in [0.25, 0.3) is 0 Å². The molecule has 0 fully saturated rings. The highest BCUT2D eigenvalue weighted by atomic mass is 35.5. The van der Waals surface area contributed by atoms with Crippen molar-refractivity contribution in [3.8, 4) is 5.75 Å². The Bertz CT molecular complexity index is 700. The van der Waals surface area contributed by atoms with E-state index >= 15 is 0 Å². The third-order valence-electron chi connectivity index (χ3n) is 3.42. The molecule has 2 N–H and O–H groups in total. The molecule has 2 rings (SSSR count). The van der Waals surface area contributed by atoms with Gasteiger partial charge >= 0.3 is 6.03 Å². The minimum atomic E-state index is -0.560. The largest absolute Gasteiger partial charge is 0.497 e. The van der Waals surface area contributed by atoms with E-state index in [1.54, 1.807) is 25.3 Å². The molecule has 23 heavy (non-hydrogen) atoms. The lowest BCUT2D eigenvalue weighted by Gasteiger charge is -2.27. The fourth-order valence-corrected chi connectivity index (χ4v) is 2.56. The van der Waals surface area contributed by atoms with E-state index in [0.717, 1.165) is 11.3 Å². The van der Waals surface area contributed by atoms with Crippen LogP contribution in [-0.2, 0) is 5.54 Å². The van der Waals surface area contributed by atoms with E-state index in [1.165, 1.54) is 0 Å². The molecule has 122 valence electrons. The number of carbonyl (C=O) groups excluding carboxylic acids is 1. The maximum atomic E-state index is 12.2. The SMILES string of the molecule is COc1ccc(C(C)(C)NC(=O)Nc2ccc(Cl)cc2Cl)cc1. The number of halogens is 2. The topological polar surface area (TPSA) is 50.4 Å². The van der Waals surface area contributed by atoms with Crippen LogP contribution in [0.2, 0.25) is 10.0 Å². The Kier molecular flexibility index (Phi) is 5.39. The molecular formula is C17H18Cl2N2O2. The number of anilines is 1. The average Bonchev–Trinajstić information content (AvgIpc) is 2.49. The lowest BCUT2D eigenvalue weighted by molar-refractivity contribution is 0.242. The van der Waals surface area contributed by atoms with Crippen molar-refractivity contribution in [2.45, 2.75) is 19.4 Å². The molecule has 0 aliphatic rings. The molecule has 6 heteroatoms. The van der Waals surface area contributed by atoms with Crippen LogP contribution in [0.15, 0.2) is 42.5 Å². The molecule has 0 atom stereocenters. The smallest absolute Gasteiger partial charge is 0.319 e. The van der Waals surface area contributed by atoms with Gasteiger partial charge in [0.15, 0.2) is 0 Å². The molecule has 0 unspecified atom stereocenters. The van der Waals surface area contributed by atoms with Crippen LogP contribution in [-0.4, -0.2) is 13.1 Å². The van der Waals surface area contributed by atoms with Crippen LogP contribution < -0.4 is 15.4 Å². The Labute approximate surface area is 145 Å². The van der Waals surface area contributed by atoms with E-state index in [9.17, 15) is 4.79 Å². The summed E-state index contributed by atoms with van der Waals surface area (Å²) in [6, 6.07) is 12.1. The molecule has 4 nitrogen and oxygen atoms in total. The summed E-state index contributed by atoms with van der Waals surface area (Å²) < 4.78 is 5.14. The Balaban J connectivity index is 2.08. The lowest BCUT2D eigenvalue weighted by Crippen LogP contribution is -2.43. The van der Waals surface area contributed by atoms with Gasteiger partial charge in [-0.15, -0.1) is 0 Å². The summed E-state index contributed by atoms with van der Waals surface area (Å²) in [6.45, 7) is 3.83. The van der Waals surface area contributed by atoms with Crippen molar-refractivity contribution in [2.24, 2.45) is 0 Å². The van der Waals surface area contributed by atoms with E-state index in [2.05, 4.69) is 10.6 Å². The van der Waals surface area contributed by atoms with Crippen LogP contribution in [0.3, 0.4) is 0 Å². The van der Waals surface area contributed by atoms with E-state index in [1.807, 2.05) is 38.1 Å². The number of rotatable bonds is 4. The first kappa shape index (κ1) is 17.4. The van der Waals surface area contributed by atoms with Crippen molar-refractivity contribution in [3.63, 3.8) is 0 Å². The van der Waals surface area contributed by atoms with E-state index in [-0.39, 0.29) is 6.03 Å². The first-order chi connectivity index (χ1) is 10.8. The Morgan fingerprint density at radius 3 is 2.30 bits per heavy atom. The quantitative estimate of drug-likeness (QED) is 0.807. The highest BCUT2D eigenvalue weighted by molar-refractivity contribution is 6.36. The first-order valence-corrected chi connectivity index (χ1v) is 7.76. The summed E-state index contributed by atoms with van der Waals surface area (Å²) in [5, 5.41) is 6.54. The second-order valence-corrected chi connectivity index (χ2v) is 6.40. The molecule has 2 aromatic carbocycles. The number of ether oxygens (including phenoxy) is 1. The molecule has 0 saturated carbocycles. The van der Waals surface area contributed by atoms with Crippen LogP contribution in [0.1, 0.15) is 19.4 Å². The fourth-order valence-electron chi connectivity index (χ4n) is 2.11. The zero-order valence-corrected chi connectivity index (χ0v) is 14.6. The Hall–Kier alpha value is -1.91. The molecule has 0 bridgehead atoms. The molecule has 0 saturated heterocycles. The first-order valence-electron chi connectivity index (χ1n) is 7.00. The third kappa shape index (κ3) is 4.53. The van der Waals surface area contributed by atoms with Gasteiger partial charge in [0, 0.05) is 5.02 Å². The van der Waals surface area contributed by atoms with Gasteiger partial charge in [0.25, 0.3) is 0 Å². The Morgan fingerprint density at radius 1 is 1.09 bits per heavy atom. The van der Waals surface area contributed by atoms with Gasteiger partial charge in [-0.1, -0.05) is 35.3 Å². The van der Waals surface area contributed by atoms with E-state index in [4.69, 9.17) is 27.9 Å². The average molecular weight is 353 g/mol. The third-order valence-corrected chi connectivity index (χ3v) is 3.96. The number of benzene rings is 2. The molecule has 0 heterocycles. The van der Waals surface area contributed by atoms with Crippen molar-refractivity contribution >= 4 is 34.9 Å². The summed E-state index contributed by atoms with van der Waals surface area (Å²) in [5.74, 6) is 0.766. The van der Waals surface area contributed by atoms with Crippen molar-refractivity contribution in [1.29, 1.82) is 0 Å². The summed E-state index contributed by atoms with van der Waals surface area (Å²) in [5.41, 5.74) is 0.893. The summed E-state index contributed by atoms with van der Waals surface area (Å²) in [6.07, 6.45) is 0. The van der Waals surface area contributed by atoms with Crippen molar-refractivity contribution in [3.05, 3.63) is 58.1 Å². The van der Waals surface area contributed by atoms with Crippen LogP contribution in [0.5, 0.6) is 5.75 Å². The molecule has 0 aromatic heterocycles. The number of amides is 2. The highest BCUT2D eigenvalue weighted by Crippen LogP contribution is 2.26. The number of nitrogens with one attached hydrogen (secondary N) is 2. The van der Waals surface area contributed by atoms with Gasteiger partial charge in [-0.3, -0.25) is 0 Å². The van der Waals surface area contributed by atoms with Crippen molar-refractivity contribution < 1.29 is 9.53 Å². The highest BCUT2D eigenvalue weighted by Gasteiger charge is 2.23. The molecule has 0 radical (unpaired) electrons. The summed E-state index contributed by atoms with van der Waals surface area (Å²) >= 11 is 11.9. The van der Waals surface area contributed by atoms with Gasteiger partial charge < -0.3 is 15.4 Å². The number of methoxy groups -OCH3 is 1. The second kappa shape index (κ2) is 7.11. The van der Waals surface area contributed by atoms with Gasteiger partial charge in [-0.25, -0.2) is 4.79 Å². The van der Waals surface area contributed by atoms with Crippen molar-refractivity contribution in [1.82, 2.24) is 5.32 Å². The van der Waals surface area contributed by atoms with Gasteiger partial charge in [0.05, 0.1) is 23.4 Å². The molecule has 0 aliphatic heterocycles. The molecule has 2 amide bonds. The maximum absolute atomic E-state index is 12.2. The number of carbonyl (C=O) groups is 1. The minimum absolute atomic E-state index is 0.352. The molecule has 0 aliphatic carbocycles. The predicted octanol–water partition coefficient (Wildman–Crippen LogP) is 5.06. The zero-order valence-electron chi connectivity index (χ0n) is 13.1. The maximum Gasteiger partial charge on any atom is 0.319 e. The summed E-state index contributed by atoms with van der Waals surface area (Å²) in [7, 11) is 1.61. The van der Waals surface area contributed by atoms with Crippen LogP contribution in [0, 0.1) is 0 Å². The predicted molar refractivity (Wildman–Crippen MR) is 94.6 cm³/mol. The lowest BCUT2D eigenvalue weighted by atomic mass is 9.94. The van der Waals surface area contributed by atoms with Crippen molar-refractivity contribution in [2.75, 3.05) is 12.4 Å². The van der Waals surface area contributed by atoms with Gasteiger partial charge in [-0.05, 0) is 49.7 Å². The normalized spacial score (nSPS) is 11.0. The minimum Gasteiger partial charge on any atom is -0.497 e. The number of hydrogen-bond donors (Lipinski definition) is 2. The number of hydrogen-bond acceptors (Lipinski definition) is 2. The zero-order chi connectivity index (χ0) is 17.0. The monoisotopic (exact) mass is 352 g/mol. The molecule has 0 spiro atoms.